The summed E-state index contributed by atoms with van der Waals surface area (Å²) in [4.78, 5) is 30.5. The van der Waals surface area contributed by atoms with Crippen LogP contribution in [0, 0.1) is 37.3 Å². The summed E-state index contributed by atoms with van der Waals surface area (Å²) in [5, 5.41) is 36.3. The van der Waals surface area contributed by atoms with Crippen LogP contribution in [0.5, 0.6) is 0 Å². The SMILES string of the molecule is Cc1cc(Cl)ccc1Nc1c([N+](=O)[O-])cc([N+](=O)[O-])cc1[N+](=O)[O-]. The maximum absolute atomic E-state index is 11.2. The number of nitro groups is 3. The van der Waals surface area contributed by atoms with E-state index >= 15 is 0 Å². The van der Waals surface area contributed by atoms with Crippen LogP contribution >= 0.6 is 11.6 Å². The Bertz CT molecular complexity index is 835. The van der Waals surface area contributed by atoms with Crippen molar-refractivity contribution in [2.24, 2.45) is 0 Å². The second-order valence-electron chi connectivity index (χ2n) is 4.71. The van der Waals surface area contributed by atoms with E-state index in [0.717, 1.165) is 0 Å². The zero-order valence-electron chi connectivity index (χ0n) is 12.1. The van der Waals surface area contributed by atoms with Crippen LogP contribution < -0.4 is 5.32 Å². The fraction of sp³-hybridized carbons (Fsp3) is 0.0769. The highest BCUT2D eigenvalue weighted by Crippen LogP contribution is 2.40. The van der Waals surface area contributed by atoms with Crippen molar-refractivity contribution in [3.8, 4) is 0 Å². The van der Waals surface area contributed by atoms with Gasteiger partial charge in [0.1, 0.15) is 0 Å². The Morgan fingerprint density at radius 2 is 1.46 bits per heavy atom. The number of nitro benzene ring substituents is 3. The predicted octanol–water partition coefficient (Wildman–Crippen LogP) is 4.12. The number of hydrogen-bond acceptors (Lipinski definition) is 7. The van der Waals surface area contributed by atoms with Gasteiger partial charge >= 0.3 is 11.4 Å². The largest absolute Gasteiger partial charge is 0.344 e. The zero-order valence-corrected chi connectivity index (χ0v) is 12.8. The van der Waals surface area contributed by atoms with Crippen LogP contribution in [0.1, 0.15) is 5.56 Å². The predicted molar refractivity (Wildman–Crippen MR) is 85.9 cm³/mol. The molecule has 2 rings (SSSR count). The van der Waals surface area contributed by atoms with E-state index in [2.05, 4.69) is 5.32 Å². The molecule has 0 aliphatic rings. The Balaban J connectivity index is 2.68. The lowest BCUT2D eigenvalue weighted by Gasteiger charge is -2.10. The maximum Gasteiger partial charge on any atom is 0.306 e. The van der Waals surface area contributed by atoms with Crippen LogP contribution in [0.2, 0.25) is 5.02 Å². The number of hydrogen-bond donors (Lipinski definition) is 1. The summed E-state index contributed by atoms with van der Waals surface area (Å²) in [5.41, 5.74) is -1.80. The second kappa shape index (κ2) is 6.46. The number of halogens is 1. The van der Waals surface area contributed by atoms with Crippen LogP contribution in [0.15, 0.2) is 30.3 Å². The van der Waals surface area contributed by atoms with Gasteiger partial charge in [0.2, 0.25) is 0 Å². The molecule has 124 valence electrons. The molecule has 2 aromatic rings. The van der Waals surface area contributed by atoms with E-state index in [9.17, 15) is 30.3 Å². The summed E-state index contributed by atoms with van der Waals surface area (Å²) >= 11 is 5.82. The van der Waals surface area contributed by atoms with Crippen LogP contribution in [0.4, 0.5) is 28.4 Å². The molecule has 0 spiro atoms. The van der Waals surface area contributed by atoms with E-state index < -0.39 is 37.5 Å². The van der Waals surface area contributed by atoms with Crippen LogP contribution in [0.25, 0.3) is 0 Å². The van der Waals surface area contributed by atoms with Crippen molar-refractivity contribution in [2.45, 2.75) is 6.92 Å². The summed E-state index contributed by atoms with van der Waals surface area (Å²) in [6.45, 7) is 1.65. The lowest BCUT2D eigenvalue weighted by atomic mass is 10.1. The van der Waals surface area contributed by atoms with Gasteiger partial charge in [-0.1, -0.05) is 11.6 Å². The molecular weight excluding hydrogens is 344 g/mol. The van der Waals surface area contributed by atoms with Gasteiger partial charge < -0.3 is 5.32 Å². The average molecular weight is 353 g/mol. The molecule has 0 amide bonds. The number of anilines is 2. The molecule has 0 saturated carbocycles. The van der Waals surface area contributed by atoms with Crippen molar-refractivity contribution in [3.05, 3.63) is 71.3 Å². The number of benzene rings is 2. The molecule has 0 aliphatic carbocycles. The minimum absolute atomic E-state index is 0.347. The van der Waals surface area contributed by atoms with E-state index in [4.69, 9.17) is 11.6 Å². The fourth-order valence-corrected chi connectivity index (χ4v) is 2.25. The average Bonchev–Trinajstić information content (AvgIpc) is 2.49. The van der Waals surface area contributed by atoms with Gasteiger partial charge in [0.05, 0.1) is 26.9 Å². The normalized spacial score (nSPS) is 10.2. The third-order valence-electron chi connectivity index (χ3n) is 3.13. The quantitative estimate of drug-likeness (QED) is 0.629. The number of nitrogens with one attached hydrogen (secondary N) is 1. The summed E-state index contributed by atoms with van der Waals surface area (Å²) in [6, 6.07) is 5.89. The summed E-state index contributed by atoms with van der Waals surface area (Å²) < 4.78 is 0. The van der Waals surface area contributed by atoms with Gasteiger partial charge in [-0.25, -0.2) is 0 Å². The molecule has 0 fully saturated rings. The number of nitrogens with zero attached hydrogens (tertiary/aromatic N) is 3. The number of rotatable bonds is 5. The molecule has 0 atom stereocenters. The molecule has 24 heavy (non-hydrogen) atoms. The molecule has 0 heterocycles. The Morgan fingerprint density at radius 3 is 1.88 bits per heavy atom. The molecule has 0 aliphatic heterocycles. The van der Waals surface area contributed by atoms with Crippen LogP contribution in [-0.4, -0.2) is 14.8 Å². The molecule has 0 aromatic heterocycles. The van der Waals surface area contributed by atoms with Gasteiger partial charge in [0.15, 0.2) is 5.69 Å². The Labute approximate surface area is 139 Å². The van der Waals surface area contributed by atoms with Crippen molar-refractivity contribution in [3.63, 3.8) is 0 Å². The van der Waals surface area contributed by atoms with Gasteiger partial charge in [-0.15, -0.1) is 0 Å². The first-order valence-electron chi connectivity index (χ1n) is 6.35. The number of non-ortho nitro benzene ring substituents is 1. The minimum Gasteiger partial charge on any atom is -0.344 e. The van der Waals surface area contributed by atoms with Gasteiger partial charge in [0, 0.05) is 10.7 Å². The van der Waals surface area contributed by atoms with Crippen molar-refractivity contribution in [1.82, 2.24) is 0 Å². The topological polar surface area (TPSA) is 141 Å². The van der Waals surface area contributed by atoms with Gasteiger partial charge in [0.25, 0.3) is 5.69 Å². The van der Waals surface area contributed by atoms with Gasteiger partial charge in [-0.05, 0) is 30.7 Å². The molecule has 11 heteroatoms. The standard InChI is InChI=1S/C13H9ClN4O6/c1-7-4-8(14)2-3-10(7)15-13-11(17(21)22)5-9(16(19)20)6-12(13)18(23)24/h2-6,15H,1H3. The van der Waals surface area contributed by atoms with Crippen molar-refractivity contribution in [1.29, 1.82) is 0 Å². The second-order valence-corrected chi connectivity index (χ2v) is 5.15. The van der Waals surface area contributed by atoms with Crippen molar-refractivity contribution >= 4 is 40.0 Å². The first-order chi connectivity index (χ1) is 11.2. The monoisotopic (exact) mass is 352 g/mol. The lowest BCUT2D eigenvalue weighted by molar-refractivity contribution is -0.401. The Hall–Kier alpha value is -3.27. The molecule has 0 saturated heterocycles. The summed E-state index contributed by atoms with van der Waals surface area (Å²) in [5.74, 6) is 0. The highest BCUT2D eigenvalue weighted by Gasteiger charge is 2.30. The van der Waals surface area contributed by atoms with Crippen molar-refractivity contribution < 1.29 is 14.8 Å². The molecular formula is C13H9ClN4O6. The van der Waals surface area contributed by atoms with Gasteiger partial charge in [-0.3, -0.25) is 30.3 Å². The van der Waals surface area contributed by atoms with Gasteiger partial charge in [-0.2, -0.15) is 0 Å². The Morgan fingerprint density at radius 1 is 0.917 bits per heavy atom. The van der Waals surface area contributed by atoms with E-state index in [1.807, 2.05) is 0 Å². The third kappa shape index (κ3) is 3.38. The van der Waals surface area contributed by atoms with E-state index in [1.165, 1.54) is 12.1 Å². The van der Waals surface area contributed by atoms with E-state index in [-0.39, 0.29) is 0 Å². The van der Waals surface area contributed by atoms with E-state index in [1.54, 1.807) is 13.0 Å². The molecule has 1 N–H and O–H groups in total. The van der Waals surface area contributed by atoms with Crippen LogP contribution in [0.3, 0.4) is 0 Å². The highest BCUT2D eigenvalue weighted by atomic mass is 35.5. The smallest absolute Gasteiger partial charge is 0.306 e. The zero-order chi connectivity index (χ0) is 18.0. The maximum atomic E-state index is 11.2. The number of aryl methyl sites for hydroxylation is 1. The Kier molecular flexibility index (Phi) is 4.60. The lowest BCUT2D eigenvalue weighted by Crippen LogP contribution is -2.04. The summed E-state index contributed by atoms with van der Waals surface area (Å²) in [7, 11) is 0. The van der Waals surface area contributed by atoms with Crippen molar-refractivity contribution in [2.75, 3.05) is 5.32 Å². The minimum atomic E-state index is -0.933. The highest BCUT2D eigenvalue weighted by molar-refractivity contribution is 6.30. The molecule has 0 bridgehead atoms. The third-order valence-corrected chi connectivity index (χ3v) is 3.37. The molecule has 10 nitrogen and oxygen atoms in total. The molecule has 0 unspecified atom stereocenters. The molecule has 2 aromatic carbocycles. The molecule has 0 radical (unpaired) electrons. The van der Waals surface area contributed by atoms with E-state index in [0.29, 0.717) is 28.4 Å². The summed E-state index contributed by atoms with van der Waals surface area (Å²) in [6.07, 6.45) is 0. The van der Waals surface area contributed by atoms with Crippen LogP contribution in [-0.2, 0) is 0 Å². The fourth-order valence-electron chi connectivity index (χ4n) is 2.02. The first kappa shape index (κ1) is 17.1. The first-order valence-corrected chi connectivity index (χ1v) is 6.73.